The van der Waals surface area contributed by atoms with Gasteiger partial charge in [-0.2, -0.15) is 5.10 Å². The van der Waals surface area contributed by atoms with Crippen molar-refractivity contribution in [3.8, 4) is 11.3 Å². The minimum absolute atomic E-state index is 0.427. The Hall–Kier alpha value is -4.53. The predicted octanol–water partition coefficient (Wildman–Crippen LogP) is 6.08. The van der Waals surface area contributed by atoms with Crippen LogP contribution in [0.15, 0.2) is 95.7 Å². The summed E-state index contributed by atoms with van der Waals surface area (Å²) in [6.45, 7) is 1.89. The molecule has 0 atom stereocenters. The van der Waals surface area contributed by atoms with Gasteiger partial charge in [-0.15, -0.1) is 0 Å². The Balaban J connectivity index is 1.10. The molecular weight excluding hydrogens is 466 g/mol. The first-order valence-electron chi connectivity index (χ1n) is 12.2. The van der Waals surface area contributed by atoms with Crippen LogP contribution in [0, 0.1) is 0 Å². The number of rotatable bonds is 6. The smallest absolute Gasteiger partial charge is 0.227 e. The molecule has 4 heterocycles. The van der Waals surface area contributed by atoms with Gasteiger partial charge in [-0.3, -0.25) is 4.68 Å². The van der Waals surface area contributed by atoms with E-state index < -0.39 is 6.29 Å². The summed E-state index contributed by atoms with van der Waals surface area (Å²) in [5, 5.41) is 9.87. The van der Waals surface area contributed by atoms with E-state index in [0.29, 0.717) is 24.9 Å². The molecular formula is C29H23N5O3. The first-order chi connectivity index (χ1) is 18.3. The number of fused-ring (bicyclic) bond motifs is 2. The lowest BCUT2D eigenvalue weighted by atomic mass is 10.1. The van der Waals surface area contributed by atoms with E-state index >= 15 is 0 Å². The van der Waals surface area contributed by atoms with Crippen molar-refractivity contribution >= 4 is 33.4 Å². The lowest BCUT2D eigenvalue weighted by molar-refractivity contribution is -0.0585. The Kier molecular flexibility index (Phi) is 5.38. The fraction of sp³-hybridized carbons (Fsp3) is 0.138. The molecule has 0 unspecified atom stereocenters. The second-order valence-electron chi connectivity index (χ2n) is 8.93. The number of aromatic nitrogens is 4. The fourth-order valence-corrected chi connectivity index (χ4v) is 4.58. The van der Waals surface area contributed by atoms with Gasteiger partial charge in [0.1, 0.15) is 5.76 Å². The Bertz CT molecular complexity index is 1700. The second kappa shape index (κ2) is 9.16. The van der Waals surface area contributed by atoms with E-state index in [1.54, 1.807) is 0 Å². The summed E-state index contributed by atoms with van der Waals surface area (Å²) in [6.07, 6.45) is 3.28. The number of nitrogens with zero attached hydrogens (tertiary/aromatic N) is 4. The van der Waals surface area contributed by atoms with Gasteiger partial charge in [0, 0.05) is 28.2 Å². The zero-order valence-electron chi connectivity index (χ0n) is 19.9. The van der Waals surface area contributed by atoms with Crippen LogP contribution in [0.25, 0.3) is 33.1 Å². The van der Waals surface area contributed by atoms with E-state index in [9.17, 15) is 0 Å². The highest BCUT2D eigenvalue weighted by atomic mass is 16.7. The minimum atomic E-state index is -0.427. The molecule has 1 aliphatic rings. The summed E-state index contributed by atoms with van der Waals surface area (Å²) >= 11 is 0. The molecule has 6 aromatic rings. The van der Waals surface area contributed by atoms with Gasteiger partial charge in [0.2, 0.25) is 12.2 Å². The quantitative estimate of drug-likeness (QED) is 0.303. The molecule has 8 nitrogen and oxygen atoms in total. The normalized spacial score (nSPS) is 14.1. The molecule has 0 radical (unpaired) electrons. The summed E-state index contributed by atoms with van der Waals surface area (Å²) in [5.74, 6) is 1.96. The molecule has 0 bridgehead atoms. The van der Waals surface area contributed by atoms with Crippen molar-refractivity contribution in [2.24, 2.45) is 0 Å². The number of ether oxygens (including phenoxy) is 2. The monoisotopic (exact) mass is 489 g/mol. The first-order valence-corrected chi connectivity index (χ1v) is 12.2. The molecule has 1 saturated heterocycles. The van der Waals surface area contributed by atoms with Crippen LogP contribution in [0.2, 0.25) is 0 Å². The number of nitrogens with one attached hydrogen (secondary N) is 1. The van der Waals surface area contributed by atoms with Crippen molar-refractivity contribution in [3.63, 3.8) is 0 Å². The van der Waals surface area contributed by atoms with E-state index in [-0.39, 0.29) is 0 Å². The summed E-state index contributed by atoms with van der Waals surface area (Å²) in [6, 6.07) is 26.3. The Morgan fingerprint density at radius 2 is 1.76 bits per heavy atom. The molecule has 1 aliphatic heterocycles. The van der Waals surface area contributed by atoms with Crippen molar-refractivity contribution < 1.29 is 13.9 Å². The number of hydrogen-bond acceptors (Lipinski definition) is 7. The average Bonchev–Trinajstić information content (AvgIpc) is 3.71. The average molecular weight is 490 g/mol. The first kappa shape index (κ1) is 21.7. The van der Waals surface area contributed by atoms with Gasteiger partial charge in [0.05, 0.1) is 37.0 Å². The second-order valence-corrected chi connectivity index (χ2v) is 8.93. The van der Waals surface area contributed by atoms with Crippen molar-refractivity contribution in [3.05, 3.63) is 103 Å². The predicted molar refractivity (Wildman–Crippen MR) is 140 cm³/mol. The molecule has 1 fully saturated rings. The van der Waals surface area contributed by atoms with E-state index in [2.05, 4.69) is 39.7 Å². The number of benzene rings is 3. The summed E-state index contributed by atoms with van der Waals surface area (Å²) in [7, 11) is 0. The van der Waals surface area contributed by atoms with E-state index in [0.717, 1.165) is 45.4 Å². The van der Waals surface area contributed by atoms with Crippen molar-refractivity contribution in [1.82, 2.24) is 19.7 Å². The third kappa shape index (κ3) is 4.33. The van der Waals surface area contributed by atoms with Gasteiger partial charge < -0.3 is 19.2 Å². The maximum Gasteiger partial charge on any atom is 0.227 e. The van der Waals surface area contributed by atoms with Crippen LogP contribution in [0.5, 0.6) is 0 Å². The van der Waals surface area contributed by atoms with Crippen molar-refractivity contribution in [2.75, 3.05) is 18.5 Å². The number of hydrogen-bond donors (Lipinski definition) is 1. The molecule has 8 heteroatoms. The standard InChI is InChI=1S/C29H23N5O3/c1-2-4-19(5-3-1)18-34-25-9-7-23(15-22(25)17-31-34)32-29-30-16-21-14-20(6-8-24(21)33-29)26-10-11-27(37-26)28-35-12-13-36-28/h1-11,14-17,28H,12-13,18H2,(H,30,32,33). The van der Waals surface area contributed by atoms with Crippen LogP contribution in [-0.2, 0) is 16.0 Å². The maximum absolute atomic E-state index is 5.97. The van der Waals surface area contributed by atoms with Gasteiger partial charge in [0.15, 0.2) is 5.76 Å². The molecule has 182 valence electrons. The summed E-state index contributed by atoms with van der Waals surface area (Å²) < 4.78 is 19.0. The van der Waals surface area contributed by atoms with Crippen molar-refractivity contribution in [1.29, 1.82) is 0 Å². The van der Waals surface area contributed by atoms with Crippen LogP contribution in [0.3, 0.4) is 0 Å². The van der Waals surface area contributed by atoms with E-state index in [1.807, 2.05) is 71.7 Å². The fourth-order valence-electron chi connectivity index (χ4n) is 4.58. The lowest BCUT2D eigenvalue weighted by Gasteiger charge is -2.08. The molecule has 7 rings (SSSR count). The van der Waals surface area contributed by atoms with Gasteiger partial charge in [-0.25, -0.2) is 9.97 Å². The molecule has 0 amide bonds. The third-order valence-electron chi connectivity index (χ3n) is 6.42. The maximum atomic E-state index is 5.97. The van der Waals surface area contributed by atoms with Crippen LogP contribution >= 0.6 is 0 Å². The zero-order chi connectivity index (χ0) is 24.6. The SMILES string of the molecule is c1ccc(Cn2ncc3cc(Nc4ncc5cc(-c6ccc(C7OCCO7)o6)ccc5n4)ccc32)cc1. The molecule has 0 aliphatic carbocycles. The number of furan rings is 1. The van der Waals surface area contributed by atoms with Crippen LogP contribution in [-0.4, -0.2) is 33.0 Å². The topological polar surface area (TPSA) is 87.2 Å². The summed E-state index contributed by atoms with van der Waals surface area (Å²) in [5.41, 5.74) is 4.98. The van der Waals surface area contributed by atoms with Gasteiger partial charge in [-0.1, -0.05) is 30.3 Å². The third-order valence-corrected chi connectivity index (χ3v) is 6.42. The molecule has 0 spiro atoms. The summed E-state index contributed by atoms with van der Waals surface area (Å²) in [4.78, 5) is 9.23. The highest BCUT2D eigenvalue weighted by molar-refractivity contribution is 5.85. The number of anilines is 2. The molecule has 3 aromatic carbocycles. The Morgan fingerprint density at radius 1 is 0.865 bits per heavy atom. The Morgan fingerprint density at radius 3 is 2.65 bits per heavy atom. The van der Waals surface area contributed by atoms with E-state index in [1.165, 1.54) is 5.56 Å². The molecule has 1 N–H and O–H groups in total. The molecule has 0 saturated carbocycles. The van der Waals surface area contributed by atoms with Crippen LogP contribution in [0.1, 0.15) is 17.6 Å². The van der Waals surface area contributed by atoms with Gasteiger partial charge in [0.25, 0.3) is 0 Å². The highest BCUT2D eigenvalue weighted by Gasteiger charge is 2.22. The van der Waals surface area contributed by atoms with Gasteiger partial charge >= 0.3 is 0 Å². The van der Waals surface area contributed by atoms with Gasteiger partial charge in [-0.05, 0) is 54.1 Å². The Labute approximate surface area is 212 Å². The molecule has 37 heavy (non-hydrogen) atoms. The van der Waals surface area contributed by atoms with Crippen LogP contribution in [0.4, 0.5) is 11.6 Å². The van der Waals surface area contributed by atoms with Crippen LogP contribution < -0.4 is 5.32 Å². The molecule has 3 aromatic heterocycles. The minimum Gasteiger partial charge on any atom is -0.456 e. The van der Waals surface area contributed by atoms with E-state index in [4.69, 9.17) is 18.9 Å². The largest absolute Gasteiger partial charge is 0.456 e. The highest BCUT2D eigenvalue weighted by Crippen LogP contribution is 2.31. The lowest BCUT2D eigenvalue weighted by Crippen LogP contribution is -2.01. The van der Waals surface area contributed by atoms with Crippen molar-refractivity contribution in [2.45, 2.75) is 12.8 Å². The zero-order valence-corrected chi connectivity index (χ0v) is 19.9.